The summed E-state index contributed by atoms with van der Waals surface area (Å²) in [5.74, 6) is 0.591. The number of hydrogen-bond acceptors (Lipinski definition) is 3. The summed E-state index contributed by atoms with van der Waals surface area (Å²) in [5, 5.41) is 3.38. The van der Waals surface area contributed by atoms with Crippen LogP contribution in [0, 0.1) is 0 Å². The highest BCUT2D eigenvalue weighted by atomic mass is 32.1. The van der Waals surface area contributed by atoms with Gasteiger partial charge in [0.2, 0.25) is 0 Å². The van der Waals surface area contributed by atoms with E-state index in [0.29, 0.717) is 12.0 Å². The fraction of sp³-hybridized carbons (Fsp3) is 0.400. The lowest BCUT2D eigenvalue weighted by Crippen LogP contribution is -2.18. The second kappa shape index (κ2) is 6.12. The van der Waals surface area contributed by atoms with Crippen LogP contribution in [0.25, 0.3) is 0 Å². The lowest BCUT2D eigenvalue weighted by Gasteiger charge is -2.16. The summed E-state index contributed by atoms with van der Waals surface area (Å²) < 4.78 is 0. The van der Waals surface area contributed by atoms with Crippen molar-refractivity contribution in [3.05, 3.63) is 52.0 Å². The Hall–Kier alpha value is -1.19. The van der Waals surface area contributed by atoms with Crippen LogP contribution in [0.15, 0.2) is 36.0 Å². The van der Waals surface area contributed by atoms with Crippen LogP contribution in [0.4, 0.5) is 0 Å². The molecular weight excluding hydrogens is 240 g/mol. The molecule has 2 nitrogen and oxygen atoms in total. The molecule has 1 atom stereocenters. The van der Waals surface area contributed by atoms with Crippen molar-refractivity contribution in [1.82, 2.24) is 10.3 Å². The van der Waals surface area contributed by atoms with E-state index in [-0.39, 0.29) is 0 Å². The molecule has 1 N–H and O–H groups in total. The maximum absolute atomic E-state index is 4.13. The molecule has 0 fully saturated rings. The maximum Gasteiger partial charge on any atom is 0.0794 e. The van der Waals surface area contributed by atoms with E-state index in [4.69, 9.17) is 0 Å². The van der Waals surface area contributed by atoms with E-state index < -0.39 is 0 Å². The van der Waals surface area contributed by atoms with E-state index in [1.165, 1.54) is 16.0 Å². The van der Waals surface area contributed by atoms with Crippen LogP contribution in [-0.2, 0) is 6.42 Å². The molecule has 1 aromatic heterocycles. The van der Waals surface area contributed by atoms with Gasteiger partial charge in [-0.15, -0.1) is 11.3 Å². The number of hydrogen-bond donors (Lipinski definition) is 1. The minimum atomic E-state index is 0.367. The van der Waals surface area contributed by atoms with Gasteiger partial charge in [0, 0.05) is 23.5 Å². The van der Waals surface area contributed by atoms with Crippen LogP contribution in [0.3, 0.4) is 0 Å². The van der Waals surface area contributed by atoms with Crippen molar-refractivity contribution in [1.29, 1.82) is 0 Å². The fourth-order valence-corrected chi connectivity index (χ4v) is 2.69. The van der Waals surface area contributed by atoms with Crippen LogP contribution in [0.2, 0.25) is 0 Å². The molecule has 2 rings (SSSR count). The lowest BCUT2D eigenvalue weighted by molar-refractivity contribution is 0.595. The molecule has 0 radical (unpaired) electrons. The van der Waals surface area contributed by atoms with Gasteiger partial charge in [0.1, 0.15) is 0 Å². The summed E-state index contributed by atoms with van der Waals surface area (Å²) in [6, 6.07) is 9.30. The molecule has 0 aliphatic heterocycles. The first-order valence-electron chi connectivity index (χ1n) is 6.35. The molecular formula is C15H20N2S. The number of rotatable bonds is 5. The molecule has 0 saturated heterocycles. The van der Waals surface area contributed by atoms with Crippen LogP contribution in [-0.4, -0.2) is 12.0 Å². The third-order valence-corrected chi connectivity index (χ3v) is 4.04. The van der Waals surface area contributed by atoms with Gasteiger partial charge in [-0.2, -0.15) is 0 Å². The first-order chi connectivity index (χ1) is 8.70. The monoisotopic (exact) mass is 260 g/mol. The number of likely N-dealkylation sites (N-methyl/N-ethyl adjacent to an activating group) is 1. The molecule has 0 aliphatic carbocycles. The van der Waals surface area contributed by atoms with E-state index in [1.54, 1.807) is 11.3 Å². The van der Waals surface area contributed by atoms with Crippen molar-refractivity contribution < 1.29 is 0 Å². The highest BCUT2D eigenvalue weighted by Gasteiger charge is 2.11. The third-order valence-electron chi connectivity index (χ3n) is 3.24. The quantitative estimate of drug-likeness (QED) is 0.885. The van der Waals surface area contributed by atoms with Crippen LogP contribution in [0.1, 0.15) is 41.8 Å². The molecule has 0 spiro atoms. The Balaban J connectivity index is 2.12. The summed E-state index contributed by atoms with van der Waals surface area (Å²) in [6.45, 7) is 4.45. The average molecular weight is 260 g/mol. The molecule has 2 aromatic rings. The summed E-state index contributed by atoms with van der Waals surface area (Å²) in [4.78, 5) is 5.45. The lowest BCUT2D eigenvalue weighted by atomic mass is 9.97. The Morgan fingerprint density at radius 2 is 1.83 bits per heavy atom. The van der Waals surface area contributed by atoms with E-state index >= 15 is 0 Å². The number of nitrogens with zero attached hydrogens (tertiary/aromatic N) is 1. The minimum absolute atomic E-state index is 0.367. The van der Waals surface area contributed by atoms with Gasteiger partial charge >= 0.3 is 0 Å². The van der Waals surface area contributed by atoms with Crippen molar-refractivity contribution >= 4 is 11.3 Å². The average Bonchev–Trinajstić information content (AvgIpc) is 2.89. The van der Waals surface area contributed by atoms with E-state index in [9.17, 15) is 0 Å². The Morgan fingerprint density at radius 1 is 1.17 bits per heavy atom. The SMILES string of the molecule is CNC(Cc1cncs1)c1ccc(C(C)C)cc1. The molecule has 1 unspecified atom stereocenters. The molecule has 96 valence electrons. The van der Waals surface area contributed by atoms with Gasteiger partial charge in [-0.05, 0) is 24.1 Å². The van der Waals surface area contributed by atoms with Crippen molar-refractivity contribution in [3.63, 3.8) is 0 Å². The predicted molar refractivity (Wildman–Crippen MR) is 78.1 cm³/mol. The van der Waals surface area contributed by atoms with Crippen molar-refractivity contribution in [3.8, 4) is 0 Å². The van der Waals surface area contributed by atoms with Crippen LogP contribution in [0.5, 0.6) is 0 Å². The zero-order chi connectivity index (χ0) is 13.0. The van der Waals surface area contributed by atoms with Gasteiger partial charge in [-0.1, -0.05) is 38.1 Å². The highest BCUT2D eigenvalue weighted by Crippen LogP contribution is 2.22. The molecule has 3 heteroatoms. The standard InChI is InChI=1S/C15H20N2S/c1-11(2)12-4-6-13(7-5-12)15(16-3)8-14-9-17-10-18-14/h4-7,9-11,15-16H,8H2,1-3H3. The second-order valence-corrected chi connectivity index (χ2v) is 5.81. The largest absolute Gasteiger partial charge is 0.313 e. The zero-order valence-corrected chi connectivity index (χ0v) is 12.0. The number of benzene rings is 1. The summed E-state index contributed by atoms with van der Waals surface area (Å²) >= 11 is 1.72. The highest BCUT2D eigenvalue weighted by molar-refractivity contribution is 7.09. The number of thiazole rings is 1. The molecule has 1 heterocycles. The van der Waals surface area contributed by atoms with Crippen LogP contribution < -0.4 is 5.32 Å². The summed E-state index contributed by atoms with van der Waals surface area (Å²) in [5.41, 5.74) is 4.63. The van der Waals surface area contributed by atoms with Crippen molar-refractivity contribution in [2.24, 2.45) is 0 Å². The molecule has 1 aromatic carbocycles. The molecule has 0 bridgehead atoms. The van der Waals surface area contributed by atoms with Gasteiger partial charge in [0.05, 0.1) is 5.51 Å². The topological polar surface area (TPSA) is 24.9 Å². The molecule has 0 saturated carbocycles. The van der Waals surface area contributed by atoms with E-state index in [1.807, 2.05) is 18.8 Å². The normalized spacial score (nSPS) is 12.9. The van der Waals surface area contributed by atoms with Crippen molar-refractivity contribution in [2.75, 3.05) is 7.05 Å². The Labute approximate surface area is 113 Å². The Morgan fingerprint density at radius 3 is 2.33 bits per heavy atom. The zero-order valence-electron chi connectivity index (χ0n) is 11.2. The first kappa shape index (κ1) is 13.2. The Kier molecular flexibility index (Phi) is 4.50. The van der Waals surface area contributed by atoms with Gasteiger partial charge in [-0.3, -0.25) is 4.98 Å². The van der Waals surface area contributed by atoms with Gasteiger partial charge < -0.3 is 5.32 Å². The maximum atomic E-state index is 4.13. The summed E-state index contributed by atoms with van der Waals surface area (Å²) in [6.07, 6.45) is 2.96. The predicted octanol–water partition coefficient (Wildman–Crippen LogP) is 3.77. The summed E-state index contributed by atoms with van der Waals surface area (Å²) in [7, 11) is 2.02. The van der Waals surface area contributed by atoms with Gasteiger partial charge in [0.15, 0.2) is 0 Å². The second-order valence-electron chi connectivity index (χ2n) is 4.83. The third kappa shape index (κ3) is 3.18. The first-order valence-corrected chi connectivity index (χ1v) is 7.23. The van der Waals surface area contributed by atoms with Gasteiger partial charge in [0.25, 0.3) is 0 Å². The fourth-order valence-electron chi connectivity index (χ4n) is 2.04. The minimum Gasteiger partial charge on any atom is -0.313 e. The van der Waals surface area contributed by atoms with Crippen LogP contribution >= 0.6 is 11.3 Å². The van der Waals surface area contributed by atoms with E-state index in [2.05, 4.69) is 48.4 Å². The molecule has 18 heavy (non-hydrogen) atoms. The van der Waals surface area contributed by atoms with Crippen molar-refractivity contribution in [2.45, 2.75) is 32.2 Å². The molecule has 0 aliphatic rings. The molecule has 0 amide bonds. The Bertz CT molecular complexity index is 460. The smallest absolute Gasteiger partial charge is 0.0794 e. The number of aromatic nitrogens is 1. The number of nitrogens with one attached hydrogen (secondary N) is 1. The van der Waals surface area contributed by atoms with E-state index in [0.717, 1.165) is 6.42 Å². The van der Waals surface area contributed by atoms with Gasteiger partial charge in [-0.25, -0.2) is 0 Å².